The van der Waals surface area contributed by atoms with E-state index in [0.29, 0.717) is 24.3 Å². The summed E-state index contributed by atoms with van der Waals surface area (Å²) in [6.07, 6.45) is 3.46. The third-order valence-corrected chi connectivity index (χ3v) is 7.38. The lowest BCUT2D eigenvalue weighted by Crippen LogP contribution is -2.40. The molecule has 2 amide bonds. The number of anilines is 1. The Hall–Kier alpha value is -3.29. The average molecular weight is 526 g/mol. The number of hydrogen-bond donors (Lipinski definition) is 3. The summed E-state index contributed by atoms with van der Waals surface area (Å²) in [5.74, 6) is -0.658. The molecule has 1 aromatic carbocycles. The van der Waals surface area contributed by atoms with Crippen molar-refractivity contribution >= 4 is 29.3 Å². The van der Waals surface area contributed by atoms with Crippen LogP contribution in [-0.2, 0) is 22.6 Å². The molecule has 3 N–H and O–H groups in total. The highest BCUT2D eigenvalue weighted by molar-refractivity contribution is 7.98. The quantitative estimate of drug-likeness (QED) is 0.407. The van der Waals surface area contributed by atoms with E-state index in [9.17, 15) is 14.4 Å². The van der Waals surface area contributed by atoms with Crippen LogP contribution in [0.15, 0.2) is 27.9 Å². The number of carbonyl (C=O) groups excluding carboxylic acids is 2. The van der Waals surface area contributed by atoms with Gasteiger partial charge in [-0.2, -0.15) is 5.26 Å². The Morgan fingerprint density at radius 3 is 2.57 bits per heavy atom. The van der Waals surface area contributed by atoms with E-state index >= 15 is 0 Å². The van der Waals surface area contributed by atoms with Crippen molar-refractivity contribution in [3.8, 4) is 6.07 Å². The van der Waals surface area contributed by atoms with Gasteiger partial charge >= 0.3 is 0 Å². The van der Waals surface area contributed by atoms with Crippen LogP contribution < -0.4 is 21.1 Å². The van der Waals surface area contributed by atoms with Crippen molar-refractivity contribution < 1.29 is 14.3 Å². The highest BCUT2D eigenvalue weighted by atomic mass is 32.2. The van der Waals surface area contributed by atoms with Gasteiger partial charge < -0.3 is 25.3 Å². The number of aryl methyl sites for hydroxylation is 1. The van der Waals surface area contributed by atoms with Crippen LogP contribution in [0, 0.1) is 25.2 Å². The molecule has 0 unspecified atom stereocenters. The van der Waals surface area contributed by atoms with Gasteiger partial charge in [0, 0.05) is 66.3 Å². The largest absolute Gasteiger partial charge is 0.381 e. The minimum atomic E-state index is -0.365. The van der Waals surface area contributed by atoms with Crippen molar-refractivity contribution in [3.63, 3.8) is 0 Å². The summed E-state index contributed by atoms with van der Waals surface area (Å²) >= 11 is 1.46. The van der Waals surface area contributed by atoms with Crippen molar-refractivity contribution in [1.82, 2.24) is 15.6 Å². The van der Waals surface area contributed by atoms with E-state index in [-0.39, 0.29) is 42.9 Å². The van der Waals surface area contributed by atoms with E-state index in [1.165, 1.54) is 11.8 Å². The normalized spacial score (nSPS) is 13.6. The Bertz CT molecular complexity index is 1230. The lowest BCUT2D eigenvalue weighted by Gasteiger charge is -2.37. The SMILES string of the molecule is CCN(c1cc(CNC(=O)CC#N)cc(C(=O)NCc2c(SC)cc(C)[nH]c2=O)c1C)C1CCOCC1. The van der Waals surface area contributed by atoms with E-state index in [0.717, 1.165) is 46.8 Å². The summed E-state index contributed by atoms with van der Waals surface area (Å²) in [5, 5.41) is 14.5. The number of amides is 2. The van der Waals surface area contributed by atoms with Crippen molar-refractivity contribution in [2.45, 2.75) is 64.1 Å². The first-order valence-corrected chi connectivity index (χ1v) is 13.7. The highest BCUT2D eigenvalue weighted by Crippen LogP contribution is 2.30. The maximum absolute atomic E-state index is 13.4. The molecular weight excluding hydrogens is 490 g/mol. The van der Waals surface area contributed by atoms with Gasteiger partial charge in [0.25, 0.3) is 11.5 Å². The first-order valence-electron chi connectivity index (χ1n) is 12.5. The Kier molecular flexibility index (Phi) is 10.2. The fourth-order valence-corrected chi connectivity index (χ4v) is 5.36. The van der Waals surface area contributed by atoms with E-state index in [1.807, 2.05) is 38.3 Å². The van der Waals surface area contributed by atoms with Crippen LogP contribution >= 0.6 is 11.8 Å². The molecule has 10 heteroatoms. The number of nitrogens with zero attached hydrogens (tertiary/aromatic N) is 2. The van der Waals surface area contributed by atoms with E-state index in [1.54, 1.807) is 6.07 Å². The maximum Gasteiger partial charge on any atom is 0.254 e. The molecule has 1 fully saturated rings. The molecule has 2 aromatic rings. The molecular formula is C27H35N5O4S. The predicted molar refractivity (Wildman–Crippen MR) is 145 cm³/mol. The summed E-state index contributed by atoms with van der Waals surface area (Å²) in [4.78, 5) is 43.9. The molecule has 2 heterocycles. The molecule has 0 radical (unpaired) electrons. The average Bonchev–Trinajstić information content (AvgIpc) is 2.88. The molecule has 1 aliphatic heterocycles. The van der Waals surface area contributed by atoms with E-state index in [2.05, 4.69) is 27.4 Å². The zero-order valence-electron chi connectivity index (χ0n) is 21.9. The van der Waals surface area contributed by atoms with Crippen LogP contribution in [0.4, 0.5) is 5.69 Å². The summed E-state index contributed by atoms with van der Waals surface area (Å²) in [6, 6.07) is 7.81. The number of ether oxygens (including phenoxy) is 1. The molecule has 198 valence electrons. The second kappa shape index (κ2) is 13.3. The highest BCUT2D eigenvalue weighted by Gasteiger charge is 2.25. The number of aromatic amines is 1. The number of pyridine rings is 1. The zero-order chi connectivity index (χ0) is 26.9. The lowest BCUT2D eigenvalue weighted by atomic mass is 9.98. The van der Waals surface area contributed by atoms with Gasteiger partial charge in [-0.05, 0) is 69.2 Å². The van der Waals surface area contributed by atoms with Crippen molar-refractivity contribution in [3.05, 3.63) is 56.5 Å². The third-order valence-electron chi connectivity index (χ3n) is 6.57. The Morgan fingerprint density at radius 1 is 1.19 bits per heavy atom. The number of hydrogen-bond acceptors (Lipinski definition) is 7. The fraction of sp³-hybridized carbons (Fsp3) is 0.481. The molecule has 37 heavy (non-hydrogen) atoms. The van der Waals surface area contributed by atoms with Crippen molar-refractivity contribution in [1.29, 1.82) is 5.26 Å². The smallest absolute Gasteiger partial charge is 0.254 e. The molecule has 1 aromatic heterocycles. The van der Waals surface area contributed by atoms with Gasteiger partial charge in [0.1, 0.15) is 6.42 Å². The van der Waals surface area contributed by atoms with Gasteiger partial charge in [0.15, 0.2) is 0 Å². The molecule has 3 rings (SSSR count). The van der Waals surface area contributed by atoms with Crippen LogP contribution in [0.1, 0.15) is 58.9 Å². The molecule has 0 atom stereocenters. The van der Waals surface area contributed by atoms with Crippen molar-refractivity contribution in [2.24, 2.45) is 0 Å². The van der Waals surface area contributed by atoms with Crippen LogP contribution in [0.3, 0.4) is 0 Å². The number of aromatic nitrogens is 1. The molecule has 1 aliphatic rings. The number of benzene rings is 1. The number of carbonyl (C=O) groups is 2. The molecule has 0 bridgehead atoms. The van der Waals surface area contributed by atoms with Gasteiger partial charge in [-0.3, -0.25) is 14.4 Å². The Morgan fingerprint density at radius 2 is 1.92 bits per heavy atom. The standard InChI is InChI=1S/C27H35N5O4S/c1-5-32(20-7-10-36-11-8-20)23-14-19(15-29-25(33)6-9-28)13-21(18(23)3)26(34)30-16-22-24(37-4)12-17(2)31-27(22)35/h12-14,20H,5-8,10-11,15-16H2,1-4H3,(H,29,33)(H,30,34)(H,31,35). The first kappa shape index (κ1) is 28.3. The maximum atomic E-state index is 13.4. The number of nitriles is 1. The van der Waals surface area contributed by atoms with Crippen LogP contribution in [0.2, 0.25) is 0 Å². The molecule has 9 nitrogen and oxygen atoms in total. The molecule has 0 saturated carbocycles. The zero-order valence-corrected chi connectivity index (χ0v) is 22.7. The van der Waals surface area contributed by atoms with Gasteiger partial charge in [0.2, 0.25) is 5.91 Å². The van der Waals surface area contributed by atoms with Crippen LogP contribution in [0.25, 0.3) is 0 Å². The molecule has 0 spiro atoms. The second-order valence-electron chi connectivity index (χ2n) is 9.04. The van der Waals surface area contributed by atoms with E-state index in [4.69, 9.17) is 10.00 Å². The minimum Gasteiger partial charge on any atom is -0.381 e. The number of thioether (sulfide) groups is 1. The molecule has 1 saturated heterocycles. The van der Waals surface area contributed by atoms with Gasteiger partial charge in [-0.1, -0.05) is 0 Å². The third kappa shape index (κ3) is 7.14. The predicted octanol–water partition coefficient (Wildman–Crippen LogP) is 3.18. The summed E-state index contributed by atoms with van der Waals surface area (Å²) < 4.78 is 5.55. The number of H-pyrrole nitrogens is 1. The van der Waals surface area contributed by atoms with Gasteiger partial charge in [-0.25, -0.2) is 0 Å². The fourth-order valence-electron chi connectivity index (χ4n) is 4.65. The summed E-state index contributed by atoms with van der Waals surface area (Å²) in [6.45, 7) is 8.29. The van der Waals surface area contributed by atoms with Crippen molar-refractivity contribution in [2.75, 3.05) is 30.9 Å². The Labute approximate surface area is 222 Å². The van der Waals surface area contributed by atoms with Gasteiger partial charge in [-0.15, -0.1) is 11.8 Å². The minimum absolute atomic E-state index is 0.0972. The lowest BCUT2D eigenvalue weighted by molar-refractivity contribution is -0.120. The first-order chi connectivity index (χ1) is 17.8. The summed E-state index contributed by atoms with van der Waals surface area (Å²) in [7, 11) is 0. The van der Waals surface area contributed by atoms with E-state index < -0.39 is 0 Å². The number of rotatable bonds is 10. The number of nitrogens with one attached hydrogen (secondary N) is 3. The topological polar surface area (TPSA) is 127 Å². The van der Waals surface area contributed by atoms with Gasteiger partial charge in [0.05, 0.1) is 6.07 Å². The van der Waals surface area contributed by atoms with Crippen LogP contribution in [-0.4, -0.2) is 48.9 Å². The Balaban J connectivity index is 1.94. The second-order valence-corrected chi connectivity index (χ2v) is 9.89. The van der Waals surface area contributed by atoms with Crippen LogP contribution in [0.5, 0.6) is 0 Å². The molecule has 0 aliphatic carbocycles. The summed E-state index contributed by atoms with van der Waals surface area (Å²) in [5.41, 5.74) is 4.09. The monoisotopic (exact) mass is 525 g/mol.